The summed E-state index contributed by atoms with van der Waals surface area (Å²) in [4.78, 5) is 0. The second-order valence-corrected chi connectivity index (χ2v) is 6.68. The van der Waals surface area contributed by atoms with Gasteiger partial charge in [-0.25, -0.2) is 0 Å². The first-order valence-electron chi connectivity index (χ1n) is 6.85. The normalized spacial score (nSPS) is 28.4. The smallest absolute Gasteiger partial charge is 0.163 e. The van der Waals surface area contributed by atoms with Crippen LogP contribution in [0, 0.1) is 0 Å². The summed E-state index contributed by atoms with van der Waals surface area (Å²) in [5.74, 6) is -0.673. The van der Waals surface area contributed by atoms with E-state index in [2.05, 4.69) is 6.58 Å². The second kappa shape index (κ2) is 5.92. The van der Waals surface area contributed by atoms with Crippen LogP contribution in [-0.2, 0) is 14.2 Å². The van der Waals surface area contributed by atoms with Gasteiger partial charge in [0.25, 0.3) is 0 Å². The van der Waals surface area contributed by atoms with Gasteiger partial charge in [-0.1, -0.05) is 6.58 Å². The molecule has 4 heteroatoms. The van der Waals surface area contributed by atoms with Gasteiger partial charge in [0.1, 0.15) is 12.2 Å². The van der Waals surface area contributed by atoms with E-state index in [1.165, 1.54) is 0 Å². The minimum atomic E-state index is -0.707. The predicted molar refractivity (Wildman–Crippen MR) is 75.0 cm³/mol. The number of aliphatic hydroxyl groups excluding tert-OH is 1. The highest BCUT2D eigenvalue weighted by atomic mass is 16.8. The zero-order valence-corrected chi connectivity index (χ0v) is 13.0. The van der Waals surface area contributed by atoms with Gasteiger partial charge in [0.2, 0.25) is 0 Å². The maximum Gasteiger partial charge on any atom is 0.163 e. The van der Waals surface area contributed by atoms with Gasteiger partial charge < -0.3 is 19.3 Å². The monoisotopic (exact) mass is 272 g/mol. The molecule has 4 nitrogen and oxygen atoms in total. The first-order chi connectivity index (χ1) is 8.52. The summed E-state index contributed by atoms with van der Waals surface area (Å²) in [5.41, 5.74) is 0.519. The van der Waals surface area contributed by atoms with Crippen molar-refractivity contribution in [1.29, 1.82) is 0 Å². The number of hydrogen-bond acceptors (Lipinski definition) is 4. The fourth-order valence-electron chi connectivity index (χ4n) is 2.12. The van der Waals surface area contributed by atoms with Crippen LogP contribution in [0.2, 0.25) is 0 Å². The minimum absolute atomic E-state index is 0.169. The van der Waals surface area contributed by atoms with Crippen molar-refractivity contribution in [2.45, 2.75) is 77.7 Å². The largest absolute Gasteiger partial charge is 0.386 e. The third kappa shape index (κ3) is 5.22. The van der Waals surface area contributed by atoms with Crippen LogP contribution in [0.4, 0.5) is 0 Å². The van der Waals surface area contributed by atoms with Gasteiger partial charge in [-0.15, -0.1) is 0 Å². The topological polar surface area (TPSA) is 47.9 Å². The molecule has 1 N–H and O–H groups in total. The van der Waals surface area contributed by atoms with E-state index in [0.29, 0.717) is 18.6 Å². The number of ether oxygens (including phenoxy) is 3. The third-order valence-electron chi connectivity index (χ3n) is 2.98. The van der Waals surface area contributed by atoms with Crippen molar-refractivity contribution >= 4 is 0 Å². The van der Waals surface area contributed by atoms with Gasteiger partial charge in [0.15, 0.2) is 5.79 Å². The van der Waals surface area contributed by atoms with E-state index < -0.39 is 11.9 Å². The molecule has 0 unspecified atom stereocenters. The first kappa shape index (κ1) is 16.6. The van der Waals surface area contributed by atoms with Gasteiger partial charge in [0, 0.05) is 6.61 Å². The summed E-state index contributed by atoms with van der Waals surface area (Å²) in [5, 5.41) is 10.1. The van der Waals surface area contributed by atoms with Crippen LogP contribution in [0.1, 0.15) is 48.0 Å². The lowest BCUT2D eigenvalue weighted by Gasteiger charge is -2.24. The summed E-state index contributed by atoms with van der Waals surface area (Å²) in [6, 6.07) is 0. The Morgan fingerprint density at radius 2 is 1.95 bits per heavy atom. The third-order valence-corrected chi connectivity index (χ3v) is 2.98. The SMILES string of the molecule is C=C(C)[C@H](O)[C@@H]1OC(C)(C)O[C@@H]1CCOC(C)(C)C. The standard InChI is InChI=1S/C15H28O4/c1-10(2)12(16)13-11(18-15(6,7)19-13)8-9-17-14(3,4)5/h11-13,16H,1,8-9H2,2-7H3/t11-,12+,13-/m1/s1. The zero-order valence-electron chi connectivity index (χ0n) is 13.0. The quantitative estimate of drug-likeness (QED) is 0.782. The Morgan fingerprint density at radius 1 is 1.37 bits per heavy atom. The summed E-state index contributed by atoms with van der Waals surface area (Å²) in [7, 11) is 0. The van der Waals surface area contributed by atoms with Crippen molar-refractivity contribution in [3.05, 3.63) is 12.2 Å². The zero-order chi connectivity index (χ0) is 14.8. The van der Waals surface area contributed by atoms with E-state index in [9.17, 15) is 5.11 Å². The van der Waals surface area contributed by atoms with E-state index in [4.69, 9.17) is 14.2 Å². The van der Waals surface area contributed by atoms with Gasteiger partial charge in [0.05, 0.1) is 11.7 Å². The molecule has 1 rings (SSSR count). The second-order valence-electron chi connectivity index (χ2n) is 6.68. The summed E-state index contributed by atoms with van der Waals surface area (Å²) >= 11 is 0. The molecular formula is C15H28O4. The van der Waals surface area contributed by atoms with Crippen LogP contribution in [-0.4, -0.2) is 41.4 Å². The average molecular weight is 272 g/mol. The Morgan fingerprint density at radius 3 is 2.42 bits per heavy atom. The highest BCUT2D eigenvalue weighted by Gasteiger charge is 2.44. The molecule has 1 aliphatic rings. The van der Waals surface area contributed by atoms with Crippen molar-refractivity contribution in [1.82, 2.24) is 0 Å². The lowest BCUT2D eigenvalue weighted by atomic mass is 10.0. The van der Waals surface area contributed by atoms with E-state index >= 15 is 0 Å². The lowest BCUT2D eigenvalue weighted by molar-refractivity contribution is -0.154. The Labute approximate surface area is 116 Å². The van der Waals surface area contributed by atoms with E-state index in [-0.39, 0.29) is 17.8 Å². The van der Waals surface area contributed by atoms with Gasteiger partial charge >= 0.3 is 0 Å². The molecular weight excluding hydrogens is 244 g/mol. The lowest BCUT2D eigenvalue weighted by Crippen LogP contribution is -2.37. The van der Waals surface area contributed by atoms with Crippen LogP contribution < -0.4 is 0 Å². The van der Waals surface area contributed by atoms with E-state index in [0.717, 1.165) is 0 Å². The Balaban J connectivity index is 2.60. The fourth-order valence-corrected chi connectivity index (χ4v) is 2.12. The molecule has 1 heterocycles. The molecule has 19 heavy (non-hydrogen) atoms. The van der Waals surface area contributed by atoms with Crippen LogP contribution in [0.5, 0.6) is 0 Å². The highest BCUT2D eigenvalue weighted by molar-refractivity contribution is 5.04. The van der Waals surface area contributed by atoms with Crippen molar-refractivity contribution in [2.24, 2.45) is 0 Å². The van der Waals surface area contributed by atoms with Gasteiger partial charge in [-0.3, -0.25) is 0 Å². The number of rotatable bonds is 5. The summed E-state index contributed by atoms with van der Waals surface area (Å²) < 4.78 is 17.3. The Kier molecular flexibility index (Phi) is 5.18. The van der Waals surface area contributed by atoms with Gasteiger partial charge in [-0.05, 0) is 53.5 Å². The minimum Gasteiger partial charge on any atom is -0.386 e. The molecule has 0 radical (unpaired) electrons. The highest BCUT2D eigenvalue weighted by Crippen LogP contribution is 2.33. The maximum absolute atomic E-state index is 10.1. The number of aliphatic hydroxyl groups is 1. The number of hydrogen-bond donors (Lipinski definition) is 1. The van der Waals surface area contributed by atoms with Crippen molar-refractivity contribution < 1.29 is 19.3 Å². The first-order valence-corrected chi connectivity index (χ1v) is 6.85. The van der Waals surface area contributed by atoms with Crippen molar-refractivity contribution in [3.8, 4) is 0 Å². The molecule has 0 saturated carbocycles. The average Bonchev–Trinajstić information content (AvgIpc) is 2.50. The van der Waals surface area contributed by atoms with E-state index in [1.54, 1.807) is 6.92 Å². The van der Waals surface area contributed by atoms with Crippen LogP contribution in [0.3, 0.4) is 0 Å². The molecule has 0 bridgehead atoms. The van der Waals surface area contributed by atoms with E-state index in [1.807, 2.05) is 34.6 Å². The van der Waals surface area contributed by atoms with Crippen LogP contribution >= 0.6 is 0 Å². The predicted octanol–water partition coefficient (Wildman–Crippen LogP) is 2.65. The molecule has 0 aromatic carbocycles. The maximum atomic E-state index is 10.1. The fraction of sp³-hybridized carbons (Fsp3) is 0.867. The van der Waals surface area contributed by atoms with Gasteiger partial charge in [-0.2, -0.15) is 0 Å². The summed E-state index contributed by atoms with van der Waals surface area (Å²) in [6.45, 7) is 15.9. The Bertz CT molecular complexity index is 317. The summed E-state index contributed by atoms with van der Waals surface area (Å²) in [6.07, 6.45) is -0.572. The van der Waals surface area contributed by atoms with Crippen molar-refractivity contribution in [2.75, 3.05) is 6.61 Å². The van der Waals surface area contributed by atoms with Crippen LogP contribution in [0.15, 0.2) is 12.2 Å². The van der Waals surface area contributed by atoms with Crippen LogP contribution in [0.25, 0.3) is 0 Å². The molecule has 0 aromatic rings. The molecule has 1 aliphatic heterocycles. The molecule has 0 aliphatic carbocycles. The molecule has 1 fully saturated rings. The molecule has 0 aromatic heterocycles. The Hall–Kier alpha value is -0.420. The molecule has 0 amide bonds. The molecule has 112 valence electrons. The molecule has 3 atom stereocenters. The van der Waals surface area contributed by atoms with Crippen molar-refractivity contribution in [3.63, 3.8) is 0 Å². The molecule has 1 saturated heterocycles. The molecule has 0 spiro atoms.